The third-order valence-electron chi connectivity index (χ3n) is 3.17. The molecular formula is C16H16ClF3N4O2. The Labute approximate surface area is 152 Å². The fourth-order valence-electron chi connectivity index (χ4n) is 1.94. The Bertz CT molecular complexity index is 771. The van der Waals surface area contributed by atoms with Crippen molar-refractivity contribution >= 4 is 34.9 Å². The number of ether oxygens (including phenoxy) is 1. The van der Waals surface area contributed by atoms with Crippen molar-refractivity contribution in [2.75, 3.05) is 17.2 Å². The van der Waals surface area contributed by atoms with Gasteiger partial charge in [-0.3, -0.25) is 5.32 Å². The molecule has 26 heavy (non-hydrogen) atoms. The molecule has 0 saturated heterocycles. The summed E-state index contributed by atoms with van der Waals surface area (Å²) in [6.07, 6.45) is -3.06. The van der Waals surface area contributed by atoms with Crippen LogP contribution in [-0.4, -0.2) is 22.7 Å². The van der Waals surface area contributed by atoms with Crippen LogP contribution in [0.4, 0.5) is 35.2 Å². The molecule has 0 unspecified atom stereocenters. The van der Waals surface area contributed by atoms with Gasteiger partial charge in [0.2, 0.25) is 5.28 Å². The van der Waals surface area contributed by atoms with E-state index in [9.17, 15) is 18.0 Å². The second-order valence-electron chi connectivity index (χ2n) is 5.22. The van der Waals surface area contributed by atoms with Gasteiger partial charge in [-0.1, -0.05) is 19.4 Å². The SMILES string of the molecule is CCCCOC(=O)Nc1cccc(Nc2nc(Cl)ncc2C(F)(F)F)c1. The Kier molecular flexibility index (Phi) is 6.62. The lowest BCUT2D eigenvalue weighted by molar-refractivity contribution is -0.137. The molecule has 2 aromatic rings. The van der Waals surface area contributed by atoms with Crippen molar-refractivity contribution in [3.8, 4) is 0 Å². The van der Waals surface area contributed by atoms with E-state index < -0.39 is 23.7 Å². The molecular weight excluding hydrogens is 373 g/mol. The summed E-state index contributed by atoms with van der Waals surface area (Å²) in [6.45, 7) is 2.25. The van der Waals surface area contributed by atoms with Crippen LogP contribution in [0.2, 0.25) is 5.28 Å². The molecule has 1 aromatic heterocycles. The van der Waals surface area contributed by atoms with Crippen LogP contribution in [0.5, 0.6) is 0 Å². The first-order valence-corrected chi connectivity index (χ1v) is 8.08. The molecule has 0 bridgehead atoms. The van der Waals surface area contributed by atoms with Gasteiger partial charge in [-0.25, -0.2) is 9.78 Å². The van der Waals surface area contributed by atoms with Crippen LogP contribution in [0.25, 0.3) is 0 Å². The van der Waals surface area contributed by atoms with E-state index in [1.807, 2.05) is 6.92 Å². The number of nitrogens with one attached hydrogen (secondary N) is 2. The third kappa shape index (κ3) is 5.76. The number of carbonyl (C=O) groups is 1. The number of alkyl halides is 3. The summed E-state index contributed by atoms with van der Waals surface area (Å²) < 4.78 is 44.1. The minimum absolute atomic E-state index is 0.275. The lowest BCUT2D eigenvalue weighted by atomic mass is 10.2. The lowest BCUT2D eigenvalue weighted by Crippen LogP contribution is -2.14. The normalized spacial score (nSPS) is 11.1. The largest absolute Gasteiger partial charge is 0.449 e. The monoisotopic (exact) mass is 388 g/mol. The van der Waals surface area contributed by atoms with Crippen LogP contribution in [-0.2, 0) is 10.9 Å². The van der Waals surface area contributed by atoms with Gasteiger partial charge in [-0.05, 0) is 36.2 Å². The molecule has 1 amide bonds. The van der Waals surface area contributed by atoms with Crippen molar-refractivity contribution in [3.05, 3.63) is 41.3 Å². The number of carbonyl (C=O) groups excluding carboxylic acids is 1. The van der Waals surface area contributed by atoms with Crippen molar-refractivity contribution < 1.29 is 22.7 Å². The van der Waals surface area contributed by atoms with E-state index in [1.54, 1.807) is 12.1 Å². The lowest BCUT2D eigenvalue weighted by Gasteiger charge is -2.14. The molecule has 2 N–H and O–H groups in total. The number of anilines is 3. The van der Waals surface area contributed by atoms with Crippen LogP contribution in [0.1, 0.15) is 25.3 Å². The summed E-state index contributed by atoms with van der Waals surface area (Å²) in [5.74, 6) is -0.486. The molecule has 140 valence electrons. The van der Waals surface area contributed by atoms with Gasteiger partial charge in [0.25, 0.3) is 0 Å². The highest BCUT2D eigenvalue weighted by Gasteiger charge is 2.35. The molecule has 1 heterocycles. The molecule has 0 fully saturated rings. The quantitative estimate of drug-likeness (QED) is 0.522. The van der Waals surface area contributed by atoms with Crippen LogP contribution in [0.3, 0.4) is 0 Å². The average Bonchev–Trinajstić information content (AvgIpc) is 2.54. The third-order valence-corrected chi connectivity index (χ3v) is 3.35. The first-order valence-electron chi connectivity index (χ1n) is 7.70. The number of benzene rings is 1. The van der Waals surface area contributed by atoms with Crippen molar-refractivity contribution in [2.24, 2.45) is 0 Å². The predicted molar refractivity (Wildman–Crippen MR) is 91.6 cm³/mol. The van der Waals surface area contributed by atoms with Gasteiger partial charge in [0.05, 0.1) is 6.61 Å². The first kappa shape index (κ1) is 19.8. The summed E-state index contributed by atoms with van der Waals surface area (Å²) in [4.78, 5) is 18.6. The predicted octanol–water partition coefficient (Wildman–Crippen LogP) is 5.24. The Morgan fingerprint density at radius 3 is 2.73 bits per heavy atom. The molecule has 2 rings (SSSR count). The Balaban J connectivity index is 2.14. The fraction of sp³-hybridized carbons (Fsp3) is 0.312. The number of halogens is 4. The number of amides is 1. The Hall–Kier alpha value is -2.55. The second kappa shape index (κ2) is 8.70. The Morgan fingerprint density at radius 2 is 2.04 bits per heavy atom. The van der Waals surface area contributed by atoms with Gasteiger partial charge >= 0.3 is 12.3 Å². The molecule has 0 aliphatic carbocycles. The highest BCUT2D eigenvalue weighted by molar-refractivity contribution is 6.28. The van der Waals surface area contributed by atoms with Gasteiger partial charge in [-0.15, -0.1) is 0 Å². The van der Waals surface area contributed by atoms with Crippen molar-refractivity contribution in [3.63, 3.8) is 0 Å². The zero-order valence-electron chi connectivity index (χ0n) is 13.7. The van der Waals surface area contributed by atoms with E-state index in [0.717, 1.165) is 12.8 Å². The molecule has 0 radical (unpaired) electrons. The molecule has 0 spiro atoms. The highest BCUT2D eigenvalue weighted by atomic mass is 35.5. The topological polar surface area (TPSA) is 76.1 Å². The van der Waals surface area contributed by atoms with Crippen molar-refractivity contribution in [1.29, 1.82) is 0 Å². The summed E-state index contributed by atoms with van der Waals surface area (Å²) >= 11 is 5.59. The van der Waals surface area contributed by atoms with Gasteiger partial charge in [0.1, 0.15) is 11.4 Å². The minimum Gasteiger partial charge on any atom is -0.449 e. The molecule has 0 saturated carbocycles. The van der Waals surface area contributed by atoms with E-state index in [0.29, 0.717) is 11.9 Å². The zero-order valence-corrected chi connectivity index (χ0v) is 14.5. The second-order valence-corrected chi connectivity index (χ2v) is 5.56. The van der Waals surface area contributed by atoms with Gasteiger partial charge in [-0.2, -0.15) is 18.2 Å². The number of rotatable bonds is 6. The molecule has 1 aromatic carbocycles. The van der Waals surface area contributed by atoms with Crippen LogP contribution >= 0.6 is 11.6 Å². The van der Waals surface area contributed by atoms with Crippen LogP contribution in [0, 0.1) is 0 Å². The summed E-state index contributed by atoms with van der Waals surface area (Å²) in [6, 6.07) is 6.09. The molecule has 0 atom stereocenters. The van der Waals surface area contributed by atoms with Gasteiger partial charge < -0.3 is 10.1 Å². The zero-order chi connectivity index (χ0) is 19.2. The minimum atomic E-state index is -4.65. The smallest absolute Gasteiger partial charge is 0.421 e. The summed E-state index contributed by atoms with van der Waals surface area (Å²) in [5.41, 5.74) is -0.430. The van der Waals surface area contributed by atoms with E-state index in [2.05, 4.69) is 20.6 Å². The summed E-state index contributed by atoms with van der Waals surface area (Å²) in [7, 11) is 0. The first-order chi connectivity index (χ1) is 12.3. The van der Waals surface area contributed by atoms with Crippen molar-refractivity contribution in [2.45, 2.75) is 25.9 Å². The number of hydrogen-bond acceptors (Lipinski definition) is 5. The Morgan fingerprint density at radius 1 is 1.31 bits per heavy atom. The number of nitrogens with zero attached hydrogens (tertiary/aromatic N) is 2. The fourth-order valence-corrected chi connectivity index (χ4v) is 2.07. The van der Waals surface area contributed by atoms with E-state index in [4.69, 9.17) is 16.3 Å². The summed E-state index contributed by atoms with van der Waals surface area (Å²) in [5, 5.41) is 4.71. The average molecular weight is 389 g/mol. The molecule has 0 aliphatic heterocycles. The molecule has 6 nitrogen and oxygen atoms in total. The van der Waals surface area contributed by atoms with E-state index >= 15 is 0 Å². The standard InChI is InChI=1S/C16H16ClF3N4O2/c1-2-3-7-26-15(25)23-11-6-4-5-10(8-11)22-13-12(16(18,19)20)9-21-14(17)24-13/h4-6,8-9H,2-3,7H2,1H3,(H,23,25)(H,21,22,24). The number of unbranched alkanes of at least 4 members (excludes halogenated alkanes) is 1. The molecule has 10 heteroatoms. The van der Waals surface area contributed by atoms with Gasteiger partial charge in [0.15, 0.2) is 0 Å². The highest BCUT2D eigenvalue weighted by Crippen LogP contribution is 2.35. The van der Waals surface area contributed by atoms with Crippen molar-refractivity contribution in [1.82, 2.24) is 9.97 Å². The van der Waals surface area contributed by atoms with Crippen LogP contribution < -0.4 is 10.6 Å². The molecule has 0 aliphatic rings. The maximum absolute atomic E-state index is 13.0. The van der Waals surface area contributed by atoms with Gasteiger partial charge in [0, 0.05) is 17.6 Å². The maximum Gasteiger partial charge on any atom is 0.421 e. The van der Waals surface area contributed by atoms with E-state index in [1.165, 1.54) is 12.1 Å². The van der Waals surface area contributed by atoms with E-state index in [-0.39, 0.29) is 17.6 Å². The number of aromatic nitrogens is 2. The van der Waals surface area contributed by atoms with Crippen LogP contribution in [0.15, 0.2) is 30.5 Å². The number of hydrogen-bond donors (Lipinski definition) is 2. The maximum atomic E-state index is 13.0.